The van der Waals surface area contributed by atoms with Crippen molar-refractivity contribution in [2.75, 3.05) is 27.2 Å². The van der Waals surface area contributed by atoms with Gasteiger partial charge in [0.1, 0.15) is 11.5 Å². The van der Waals surface area contributed by atoms with Crippen molar-refractivity contribution in [2.45, 2.75) is 77.3 Å². The van der Waals surface area contributed by atoms with E-state index in [0.717, 1.165) is 39.9 Å². The van der Waals surface area contributed by atoms with Gasteiger partial charge in [0.2, 0.25) is 0 Å². The van der Waals surface area contributed by atoms with E-state index in [-0.39, 0.29) is 0 Å². The van der Waals surface area contributed by atoms with Crippen LogP contribution in [0.2, 0.25) is 0 Å². The fourth-order valence-electron chi connectivity index (χ4n) is 10.6. The number of aromatic hydroxyl groups is 2. The first-order valence-corrected chi connectivity index (χ1v) is 24.7. The molecule has 7 heteroatoms. The van der Waals surface area contributed by atoms with Crippen molar-refractivity contribution < 1.29 is 27.2 Å². The Hall–Kier alpha value is -3.87. The van der Waals surface area contributed by atoms with Gasteiger partial charge in [-0.2, -0.15) is 0 Å². The molecule has 4 nitrogen and oxygen atoms in total. The number of phenolic OH excluding ortho intramolecular Hbond substituents is 2. The zero-order valence-electron chi connectivity index (χ0n) is 36.0. The van der Waals surface area contributed by atoms with Crippen LogP contribution in [-0.4, -0.2) is 47.2 Å². The molecular weight excluding hydrogens is 803 g/mol. The fourth-order valence-corrected chi connectivity index (χ4v) is 10.6. The number of aryl methyl sites for hydroxylation is 2. The molecule has 8 rings (SSSR count). The number of phenols is 2. The van der Waals surface area contributed by atoms with Gasteiger partial charge in [0, 0.05) is 57.3 Å². The molecule has 59 heavy (non-hydrogen) atoms. The van der Waals surface area contributed by atoms with Crippen LogP contribution in [0.5, 0.6) is 11.5 Å². The third-order valence-electron chi connectivity index (χ3n) is 13.5. The maximum atomic E-state index is 12.8. The zero-order valence-corrected chi connectivity index (χ0v) is 39.1. The first-order valence-electron chi connectivity index (χ1n) is 20.4. The summed E-state index contributed by atoms with van der Waals surface area (Å²) in [4.78, 5) is 4.71. The van der Waals surface area contributed by atoms with E-state index in [9.17, 15) is 10.2 Å². The number of fused-ring (bicyclic) bond motifs is 6. The van der Waals surface area contributed by atoms with E-state index in [0.29, 0.717) is 18.0 Å². The van der Waals surface area contributed by atoms with Crippen molar-refractivity contribution >= 4 is 18.6 Å². The predicted molar refractivity (Wildman–Crippen MR) is 244 cm³/mol. The van der Waals surface area contributed by atoms with Gasteiger partial charge in [0.25, 0.3) is 0 Å². The normalized spacial score (nSPS) is 14.6. The molecule has 6 aromatic carbocycles. The van der Waals surface area contributed by atoms with Gasteiger partial charge in [-0.3, -0.25) is 4.90 Å². The predicted octanol–water partition coefficient (Wildman–Crippen LogP) is 12.8. The maximum absolute atomic E-state index is 12.8. The monoisotopic (exact) mass is 858 g/mol. The van der Waals surface area contributed by atoms with E-state index in [1.54, 1.807) is 0 Å². The molecule has 0 amide bonds. The van der Waals surface area contributed by atoms with Crippen molar-refractivity contribution in [2.24, 2.45) is 0 Å². The Bertz CT molecular complexity index is 2280. The van der Waals surface area contributed by atoms with E-state index in [2.05, 4.69) is 201 Å². The van der Waals surface area contributed by atoms with Crippen LogP contribution in [0.15, 0.2) is 121 Å². The molecule has 2 aliphatic rings. The molecule has 0 atom stereocenters. The number of nitrogens with zero attached hydrogens (tertiary/aromatic N) is 2. The molecule has 0 unspecified atom stereocenters. The summed E-state index contributed by atoms with van der Waals surface area (Å²) in [5.74, 6) is 0.641. The Morgan fingerprint density at radius 3 is 1.08 bits per heavy atom. The quantitative estimate of drug-likeness (QED) is 0.142. The van der Waals surface area contributed by atoms with Crippen LogP contribution >= 0.6 is 18.6 Å². The van der Waals surface area contributed by atoms with E-state index < -0.39 is 38.9 Å². The van der Waals surface area contributed by atoms with Crippen LogP contribution in [0.1, 0.15) is 97.2 Å². The first-order chi connectivity index (χ1) is 27.9. The number of rotatable bonds is 9. The Morgan fingerprint density at radius 2 is 0.797 bits per heavy atom. The molecule has 0 aliphatic heterocycles. The molecule has 0 bridgehead atoms. The molecule has 0 fully saturated rings. The average molecular weight is 860 g/mol. The van der Waals surface area contributed by atoms with Crippen molar-refractivity contribution in [1.82, 2.24) is 9.80 Å². The Labute approximate surface area is 368 Å². The summed E-state index contributed by atoms with van der Waals surface area (Å²) in [6.07, 6.45) is 0. The Balaban J connectivity index is 0.00000171. The van der Waals surface area contributed by atoms with Gasteiger partial charge in [-0.15, -0.1) is 0 Å². The van der Waals surface area contributed by atoms with Crippen LogP contribution in [-0.2, 0) is 38.9 Å². The fraction of sp³-hybridized carbons (Fsp3) is 0.308. The third kappa shape index (κ3) is 6.99. The summed E-state index contributed by atoms with van der Waals surface area (Å²) >= 11 is -0.556. The van der Waals surface area contributed by atoms with Crippen LogP contribution in [0.3, 0.4) is 0 Å². The summed E-state index contributed by atoms with van der Waals surface area (Å²) in [5, 5.41) is 25.6. The van der Waals surface area contributed by atoms with Gasteiger partial charge < -0.3 is 15.1 Å². The van der Waals surface area contributed by atoms with Gasteiger partial charge in [0.05, 0.1) is 0 Å². The van der Waals surface area contributed by atoms with E-state index >= 15 is 0 Å². The molecule has 6 aromatic rings. The summed E-state index contributed by atoms with van der Waals surface area (Å²) in [6.45, 7) is 19.3. The number of hydrogen-bond acceptors (Lipinski definition) is 4. The second kappa shape index (κ2) is 16.2. The number of likely N-dealkylation sites (N-methyl/N-ethyl adjacent to an activating group) is 1. The van der Waals surface area contributed by atoms with Crippen molar-refractivity contribution in [3.63, 3.8) is 0 Å². The van der Waals surface area contributed by atoms with E-state index in [1.807, 2.05) is 0 Å². The number of hydrogen-bond donors (Lipinski definition) is 2. The molecule has 0 spiro atoms. The van der Waals surface area contributed by atoms with Crippen molar-refractivity contribution in [3.05, 3.63) is 177 Å². The number of halogens is 2. The van der Waals surface area contributed by atoms with Gasteiger partial charge >= 0.3 is 35.6 Å². The summed E-state index contributed by atoms with van der Waals surface area (Å²) in [7, 11) is 14.0. The molecule has 2 aliphatic carbocycles. The summed E-state index contributed by atoms with van der Waals surface area (Å²) in [6, 6.07) is 43.2. The molecule has 0 heterocycles. The van der Waals surface area contributed by atoms with Crippen LogP contribution < -0.4 is 0 Å². The Morgan fingerprint density at radius 1 is 0.508 bits per heavy atom. The van der Waals surface area contributed by atoms with E-state index in [1.165, 1.54) is 44.5 Å². The zero-order chi connectivity index (χ0) is 42.7. The first kappa shape index (κ1) is 43.2. The van der Waals surface area contributed by atoms with Gasteiger partial charge in [0.15, 0.2) is 0 Å². The topological polar surface area (TPSA) is 46.9 Å². The molecule has 0 saturated heterocycles. The van der Waals surface area contributed by atoms with Crippen molar-refractivity contribution in [3.8, 4) is 33.8 Å². The molecule has 0 saturated carbocycles. The average Bonchev–Trinajstić information content (AvgIpc) is 3.62. The second-order valence-electron chi connectivity index (χ2n) is 18.0. The Kier molecular flexibility index (Phi) is 11.9. The molecular formula is C52H56Cl2N2O2Ti. The van der Waals surface area contributed by atoms with Gasteiger partial charge in [-0.25, -0.2) is 0 Å². The number of benzene rings is 6. The van der Waals surface area contributed by atoms with Crippen LogP contribution in [0.25, 0.3) is 22.3 Å². The summed E-state index contributed by atoms with van der Waals surface area (Å²) < 4.78 is 0. The minimum atomic E-state index is -0.675. The van der Waals surface area contributed by atoms with Crippen LogP contribution in [0.4, 0.5) is 0 Å². The summed E-state index contributed by atoms with van der Waals surface area (Å²) in [5.41, 5.74) is 13.0. The van der Waals surface area contributed by atoms with Gasteiger partial charge in [-0.05, 0) is 114 Å². The van der Waals surface area contributed by atoms with Crippen LogP contribution in [0, 0.1) is 13.8 Å². The SMILES string of the molecule is Cc1cc(C2(C)c3ccccc3-c3ccccc32)c(O)c(C(C)(C)N(CCN(C)C)C(C)(C)c2cc(C)cc(C3(C)c4ccccc4-c4ccccc43)c2O)c1.[Cl][Ti][Cl]. The van der Waals surface area contributed by atoms with Gasteiger partial charge in [-0.1, -0.05) is 132 Å². The molecule has 0 aromatic heterocycles. The molecule has 2 N–H and O–H groups in total. The minimum absolute atomic E-state index is 0.320. The molecule has 0 radical (unpaired) electrons. The standard InChI is InChI=1S/C52H56N2O2.2ClH.Ti/c1-33-29-43(47(55)45(31-33)51(7)39-23-15-11-19-35(39)36-20-12-16-24-40(36)51)49(3,4)54(28-27-53(9)10)50(5,6)44-30-34(2)32-46(48(44)56)52(8)41-25-17-13-21-37(41)38-22-14-18-26-42(38)52;;;/h11-26,29-32,55-56H,27-28H2,1-10H3;2*1H;/q;;;+2/p-2. The molecule has 304 valence electrons. The third-order valence-corrected chi connectivity index (χ3v) is 13.5. The second-order valence-corrected chi connectivity index (χ2v) is 20.6. The van der Waals surface area contributed by atoms with E-state index in [4.69, 9.17) is 18.6 Å². The van der Waals surface area contributed by atoms with Crippen molar-refractivity contribution in [1.29, 1.82) is 0 Å².